The zero-order valence-corrected chi connectivity index (χ0v) is 13.9. The molecule has 0 spiro atoms. The van der Waals surface area contributed by atoms with Crippen molar-refractivity contribution in [1.29, 1.82) is 5.26 Å². The van der Waals surface area contributed by atoms with Gasteiger partial charge in [0, 0.05) is 6.54 Å². The van der Waals surface area contributed by atoms with Crippen LogP contribution in [0.4, 0.5) is 0 Å². The van der Waals surface area contributed by atoms with Gasteiger partial charge in [-0.3, -0.25) is 4.79 Å². The van der Waals surface area contributed by atoms with Crippen molar-refractivity contribution in [3.05, 3.63) is 65.7 Å². The predicted molar refractivity (Wildman–Crippen MR) is 92.5 cm³/mol. The first-order valence-electron chi connectivity index (χ1n) is 7.70. The zero-order valence-electron chi connectivity index (χ0n) is 13.9. The molecule has 0 heterocycles. The van der Waals surface area contributed by atoms with Gasteiger partial charge in [0.15, 0.2) is 6.61 Å². The molecule has 2 aromatic rings. The van der Waals surface area contributed by atoms with E-state index in [4.69, 9.17) is 10.00 Å². The number of likely N-dealkylation sites (N-methyl/N-ethyl adjacent to an activating group) is 1. The molecule has 2 rings (SSSR count). The number of nitriles is 1. The molecule has 5 heteroatoms. The summed E-state index contributed by atoms with van der Waals surface area (Å²) in [6, 6.07) is 18.5. The standard InChI is InChI=1S/C19H21N3O2/c1-22(2)13-18(16-6-4-3-5-7-16)21-19(23)14-24-17-10-8-15(12-20)9-11-17/h3-11,18H,13-14H2,1-2H3,(H,21,23)/t18-/m0/s1. The van der Waals surface area contributed by atoms with Crippen molar-refractivity contribution in [1.82, 2.24) is 10.2 Å². The Kier molecular flexibility index (Phi) is 6.35. The van der Waals surface area contributed by atoms with E-state index in [-0.39, 0.29) is 18.6 Å². The topological polar surface area (TPSA) is 65.4 Å². The quantitative estimate of drug-likeness (QED) is 0.849. The van der Waals surface area contributed by atoms with Crippen LogP contribution in [-0.2, 0) is 4.79 Å². The van der Waals surface area contributed by atoms with E-state index in [0.29, 0.717) is 17.9 Å². The Balaban J connectivity index is 1.93. The predicted octanol–water partition coefficient (Wildman–Crippen LogP) is 2.36. The van der Waals surface area contributed by atoms with E-state index in [1.165, 1.54) is 0 Å². The molecule has 0 radical (unpaired) electrons. The number of rotatable bonds is 7. The van der Waals surface area contributed by atoms with Gasteiger partial charge in [-0.05, 0) is 43.9 Å². The van der Waals surface area contributed by atoms with E-state index in [1.54, 1.807) is 24.3 Å². The highest BCUT2D eigenvalue weighted by Gasteiger charge is 2.15. The Labute approximate surface area is 142 Å². The van der Waals surface area contributed by atoms with Crippen molar-refractivity contribution in [3.63, 3.8) is 0 Å². The monoisotopic (exact) mass is 323 g/mol. The maximum atomic E-state index is 12.2. The van der Waals surface area contributed by atoms with Gasteiger partial charge in [-0.1, -0.05) is 30.3 Å². The fourth-order valence-corrected chi connectivity index (χ4v) is 2.30. The summed E-state index contributed by atoms with van der Waals surface area (Å²) in [5.74, 6) is 0.378. The van der Waals surface area contributed by atoms with Gasteiger partial charge in [0.2, 0.25) is 0 Å². The fraction of sp³-hybridized carbons (Fsp3) is 0.263. The number of nitrogens with one attached hydrogen (secondary N) is 1. The molecular formula is C19H21N3O2. The minimum absolute atomic E-state index is 0.0668. The van der Waals surface area contributed by atoms with Crippen molar-refractivity contribution >= 4 is 5.91 Å². The largest absolute Gasteiger partial charge is 0.484 e. The van der Waals surface area contributed by atoms with Gasteiger partial charge in [-0.15, -0.1) is 0 Å². The number of amides is 1. The highest BCUT2D eigenvalue weighted by molar-refractivity contribution is 5.78. The molecular weight excluding hydrogens is 302 g/mol. The van der Waals surface area contributed by atoms with Crippen LogP contribution in [0.1, 0.15) is 17.2 Å². The van der Waals surface area contributed by atoms with Gasteiger partial charge in [0.25, 0.3) is 5.91 Å². The van der Waals surface area contributed by atoms with E-state index in [9.17, 15) is 4.79 Å². The summed E-state index contributed by atoms with van der Waals surface area (Å²) in [6.45, 7) is 0.634. The molecule has 1 N–H and O–H groups in total. The number of carbonyl (C=O) groups excluding carboxylic acids is 1. The van der Waals surface area contributed by atoms with E-state index in [0.717, 1.165) is 5.56 Å². The lowest BCUT2D eigenvalue weighted by atomic mass is 10.1. The molecule has 0 aliphatic rings. The average Bonchev–Trinajstić information content (AvgIpc) is 2.60. The SMILES string of the molecule is CN(C)C[C@H](NC(=O)COc1ccc(C#N)cc1)c1ccccc1. The summed E-state index contributed by atoms with van der Waals surface area (Å²) in [7, 11) is 3.94. The number of nitrogens with zero attached hydrogens (tertiary/aromatic N) is 2. The maximum Gasteiger partial charge on any atom is 0.258 e. The summed E-state index contributed by atoms with van der Waals surface area (Å²) in [5, 5.41) is 11.8. The molecule has 0 aromatic heterocycles. The molecule has 2 aromatic carbocycles. The first-order chi connectivity index (χ1) is 11.6. The van der Waals surface area contributed by atoms with Gasteiger partial charge < -0.3 is 15.0 Å². The van der Waals surface area contributed by atoms with Gasteiger partial charge in [-0.2, -0.15) is 5.26 Å². The number of ether oxygens (including phenoxy) is 1. The van der Waals surface area contributed by atoms with Crippen LogP contribution in [0.5, 0.6) is 5.75 Å². The first kappa shape index (κ1) is 17.5. The minimum Gasteiger partial charge on any atom is -0.484 e. The van der Waals surface area contributed by atoms with Crippen LogP contribution in [-0.4, -0.2) is 38.1 Å². The van der Waals surface area contributed by atoms with Crippen molar-refractivity contribution in [2.45, 2.75) is 6.04 Å². The molecule has 1 amide bonds. The number of benzene rings is 2. The van der Waals surface area contributed by atoms with Crippen LogP contribution in [0, 0.1) is 11.3 Å². The smallest absolute Gasteiger partial charge is 0.258 e. The molecule has 124 valence electrons. The number of carbonyl (C=O) groups is 1. The average molecular weight is 323 g/mol. The summed E-state index contributed by atoms with van der Waals surface area (Å²) in [4.78, 5) is 14.2. The van der Waals surface area contributed by atoms with E-state index < -0.39 is 0 Å². The van der Waals surface area contributed by atoms with E-state index in [1.807, 2.05) is 55.4 Å². The third-order valence-electron chi connectivity index (χ3n) is 3.44. The maximum absolute atomic E-state index is 12.2. The molecule has 0 fully saturated rings. The van der Waals surface area contributed by atoms with Crippen LogP contribution >= 0.6 is 0 Å². The van der Waals surface area contributed by atoms with Crippen molar-refractivity contribution in [3.8, 4) is 11.8 Å². The molecule has 0 unspecified atom stereocenters. The van der Waals surface area contributed by atoms with Crippen molar-refractivity contribution in [2.24, 2.45) is 0 Å². The van der Waals surface area contributed by atoms with Crippen LogP contribution in [0.3, 0.4) is 0 Å². The third-order valence-corrected chi connectivity index (χ3v) is 3.44. The molecule has 1 atom stereocenters. The number of hydrogen-bond acceptors (Lipinski definition) is 4. The molecule has 24 heavy (non-hydrogen) atoms. The second kappa shape index (κ2) is 8.70. The van der Waals surface area contributed by atoms with Crippen LogP contribution in [0.25, 0.3) is 0 Å². The van der Waals surface area contributed by atoms with E-state index >= 15 is 0 Å². The summed E-state index contributed by atoms with van der Waals surface area (Å²) in [6.07, 6.45) is 0. The number of hydrogen-bond donors (Lipinski definition) is 1. The second-order valence-corrected chi connectivity index (χ2v) is 5.72. The Bertz CT molecular complexity index is 691. The Morgan fingerprint density at radius 1 is 1.17 bits per heavy atom. The summed E-state index contributed by atoms with van der Waals surface area (Å²) in [5.41, 5.74) is 1.61. The summed E-state index contributed by atoms with van der Waals surface area (Å²) >= 11 is 0. The van der Waals surface area contributed by atoms with Gasteiger partial charge in [-0.25, -0.2) is 0 Å². The highest BCUT2D eigenvalue weighted by Crippen LogP contribution is 2.14. The van der Waals surface area contributed by atoms with Crippen molar-refractivity contribution < 1.29 is 9.53 Å². The van der Waals surface area contributed by atoms with E-state index in [2.05, 4.69) is 5.32 Å². The second-order valence-electron chi connectivity index (χ2n) is 5.72. The third kappa shape index (κ3) is 5.41. The molecule has 0 aliphatic carbocycles. The van der Waals surface area contributed by atoms with Crippen LogP contribution in [0.15, 0.2) is 54.6 Å². The molecule has 0 bridgehead atoms. The molecule has 5 nitrogen and oxygen atoms in total. The lowest BCUT2D eigenvalue weighted by Crippen LogP contribution is -2.37. The highest BCUT2D eigenvalue weighted by atomic mass is 16.5. The fourth-order valence-electron chi connectivity index (χ4n) is 2.30. The van der Waals surface area contributed by atoms with Crippen molar-refractivity contribution in [2.75, 3.05) is 27.2 Å². The van der Waals surface area contributed by atoms with Gasteiger partial charge >= 0.3 is 0 Å². The van der Waals surface area contributed by atoms with Gasteiger partial charge in [0.05, 0.1) is 17.7 Å². The normalized spacial score (nSPS) is 11.6. The molecule has 0 aliphatic heterocycles. The molecule has 0 saturated carbocycles. The van der Waals surface area contributed by atoms with Crippen LogP contribution in [0.2, 0.25) is 0 Å². The Morgan fingerprint density at radius 2 is 1.83 bits per heavy atom. The molecule has 0 saturated heterocycles. The lowest BCUT2D eigenvalue weighted by molar-refractivity contribution is -0.124. The summed E-state index contributed by atoms with van der Waals surface area (Å²) < 4.78 is 5.47. The Morgan fingerprint density at radius 3 is 2.42 bits per heavy atom. The first-order valence-corrected chi connectivity index (χ1v) is 7.70. The van der Waals surface area contributed by atoms with Crippen LogP contribution < -0.4 is 10.1 Å². The lowest BCUT2D eigenvalue weighted by Gasteiger charge is -2.23. The Hall–Kier alpha value is -2.84. The van der Waals surface area contributed by atoms with Gasteiger partial charge in [0.1, 0.15) is 5.75 Å². The zero-order chi connectivity index (χ0) is 17.4. The minimum atomic E-state index is -0.185.